The van der Waals surface area contributed by atoms with Crippen LogP contribution in [0.4, 0.5) is 0 Å². The van der Waals surface area contributed by atoms with E-state index in [9.17, 15) is 4.79 Å². The highest BCUT2D eigenvalue weighted by Gasteiger charge is 2.22. The third kappa shape index (κ3) is 5.08. The molecule has 0 radical (unpaired) electrons. The van der Waals surface area contributed by atoms with Gasteiger partial charge in [-0.05, 0) is 11.8 Å². The molecule has 3 heteroatoms. The molecular weight excluding hydrogens is 164 g/mol. The van der Waals surface area contributed by atoms with Gasteiger partial charge in [0.05, 0.1) is 7.11 Å². The van der Waals surface area contributed by atoms with Crippen molar-refractivity contribution >= 4 is 17.6 Å². The standard InChI is InChI=1S/C8H15ClO2/c1-8(2,3)5-6(9)7(10)11-4/h6H,5H2,1-4H3/t6-/m1/s1. The van der Waals surface area contributed by atoms with Crippen LogP contribution in [0.2, 0.25) is 0 Å². The minimum Gasteiger partial charge on any atom is -0.468 e. The van der Waals surface area contributed by atoms with Crippen molar-refractivity contribution in [3.05, 3.63) is 0 Å². The van der Waals surface area contributed by atoms with Crippen LogP contribution in [-0.2, 0) is 9.53 Å². The summed E-state index contributed by atoms with van der Waals surface area (Å²) in [5.74, 6) is -0.346. The number of carbonyl (C=O) groups is 1. The highest BCUT2D eigenvalue weighted by molar-refractivity contribution is 6.29. The Labute approximate surface area is 72.9 Å². The van der Waals surface area contributed by atoms with Crippen LogP contribution in [0.25, 0.3) is 0 Å². The van der Waals surface area contributed by atoms with Crippen LogP contribution in [0.5, 0.6) is 0 Å². The first-order valence-electron chi connectivity index (χ1n) is 3.59. The maximum atomic E-state index is 10.8. The van der Waals surface area contributed by atoms with Gasteiger partial charge < -0.3 is 4.74 Å². The third-order valence-corrected chi connectivity index (χ3v) is 1.58. The van der Waals surface area contributed by atoms with Crippen LogP contribution in [-0.4, -0.2) is 18.5 Å². The number of esters is 1. The molecule has 0 aliphatic rings. The van der Waals surface area contributed by atoms with Crippen molar-refractivity contribution in [3.63, 3.8) is 0 Å². The lowest BCUT2D eigenvalue weighted by atomic mass is 9.90. The molecule has 11 heavy (non-hydrogen) atoms. The molecule has 0 fully saturated rings. The summed E-state index contributed by atoms with van der Waals surface area (Å²) in [4.78, 5) is 10.8. The molecule has 0 bridgehead atoms. The fourth-order valence-electron chi connectivity index (χ4n) is 0.749. The molecule has 0 saturated carbocycles. The lowest BCUT2D eigenvalue weighted by Gasteiger charge is -2.19. The zero-order chi connectivity index (χ0) is 9.07. The van der Waals surface area contributed by atoms with Gasteiger partial charge in [-0.1, -0.05) is 20.8 Å². The number of methoxy groups -OCH3 is 1. The van der Waals surface area contributed by atoms with Gasteiger partial charge >= 0.3 is 5.97 Å². The number of hydrogen-bond donors (Lipinski definition) is 0. The highest BCUT2D eigenvalue weighted by Crippen LogP contribution is 2.23. The average Bonchev–Trinajstić information content (AvgIpc) is 1.82. The van der Waals surface area contributed by atoms with E-state index in [2.05, 4.69) is 4.74 Å². The number of carbonyl (C=O) groups excluding carboxylic acids is 1. The molecule has 0 aromatic heterocycles. The first kappa shape index (κ1) is 10.8. The van der Waals surface area contributed by atoms with Crippen molar-refractivity contribution in [1.82, 2.24) is 0 Å². The Bertz CT molecular complexity index is 138. The van der Waals surface area contributed by atoms with Crippen LogP contribution in [0, 0.1) is 5.41 Å². The summed E-state index contributed by atoms with van der Waals surface area (Å²) in [6.07, 6.45) is 0.640. The average molecular weight is 179 g/mol. The summed E-state index contributed by atoms with van der Waals surface area (Å²) in [6, 6.07) is 0. The van der Waals surface area contributed by atoms with Gasteiger partial charge in [-0.3, -0.25) is 4.79 Å². The first-order valence-corrected chi connectivity index (χ1v) is 4.02. The summed E-state index contributed by atoms with van der Waals surface area (Å²) in [7, 11) is 1.35. The predicted octanol–water partition coefficient (Wildman–Crippen LogP) is 2.20. The quantitative estimate of drug-likeness (QED) is 0.479. The zero-order valence-corrected chi connectivity index (χ0v) is 8.23. The Morgan fingerprint density at radius 3 is 2.27 bits per heavy atom. The van der Waals surface area contributed by atoms with Crippen molar-refractivity contribution < 1.29 is 9.53 Å². The fraction of sp³-hybridized carbons (Fsp3) is 0.875. The second-order valence-corrected chi connectivity index (χ2v) is 4.28. The molecule has 2 nitrogen and oxygen atoms in total. The van der Waals surface area contributed by atoms with Gasteiger partial charge in [-0.2, -0.15) is 0 Å². The van der Waals surface area contributed by atoms with Gasteiger partial charge in [-0.25, -0.2) is 0 Å². The predicted molar refractivity (Wildman–Crippen MR) is 45.7 cm³/mol. The van der Waals surface area contributed by atoms with Crippen molar-refractivity contribution in [2.45, 2.75) is 32.6 Å². The monoisotopic (exact) mass is 178 g/mol. The van der Waals surface area contributed by atoms with Gasteiger partial charge in [0, 0.05) is 0 Å². The van der Waals surface area contributed by atoms with E-state index in [1.807, 2.05) is 20.8 Å². The topological polar surface area (TPSA) is 26.3 Å². The lowest BCUT2D eigenvalue weighted by molar-refractivity contribution is -0.140. The number of halogens is 1. The minimum atomic E-state index is -0.514. The van der Waals surface area contributed by atoms with E-state index in [4.69, 9.17) is 11.6 Å². The van der Waals surface area contributed by atoms with E-state index < -0.39 is 5.38 Å². The molecule has 0 aliphatic heterocycles. The van der Waals surface area contributed by atoms with E-state index in [0.29, 0.717) is 6.42 Å². The van der Waals surface area contributed by atoms with E-state index in [1.54, 1.807) is 0 Å². The molecule has 0 aliphatic carbocycles. The normalized spacial score (nSPS) is 14.3. The van der Waals surface area contributed by atoms with Gasteiger partial charge in [0.25, 0.3) is 0 Å². The zero-order valence-electron chi connectivity index (χ0n) is 7.48. The first-order chi connectivity index (χ1) is 4.87. The molecule has 66 valence electrons. The van der Waals surface area contributed by atoms with Gasteiger partial charge in [0.2, 0.25) is 0 Å². The molecule has 0 spiro atoms. The van der Waals surface area contributed by atoms with Crippen molar-refractivity contribution in [3.8, 4) is 0 Å². The molecule has 1 atom stereocenters. The summed E-state index contributed by atoms with van der Waals surface area (Å²) in [6.45, 7) is 6.10. The SMILES string of the molecule is COC(=O)[C@H](Cl)CC(C)(C)C. The second-order valence-electron chi connectivity index (χ2n) is 3.76. The summed E-state index contributed by atoms with van der Waals surface area (Å²) in [5, 5.41) is -0.514. The van der Waals surface area contributed by atoms with Crippen LogP contribution in [0.15, 0.2) is 0 Å². The largest absolute Gasteiger partial charge is 0.468 e. The molecular formula is C8H15ClO2. The molecule has 0 aromatic rings. The highest BCUT2D eigenvalue weighted by atomic mass is 35.5. The molecule has 0 unspecified atom stereocenters. The van der Waals surface area contributed by atoms with Gasteiger partial charge in [-0.15, -0.1) is 11.6 Å². The van der Waals surface area contributed by atoms with Crippen molar-refractivity contribution in [1.29, 1.82) is 0 Å². The number of alkyl halides is 1. The Kier molecular flexibility index (Phi) is 3.87. The Morgan fingerprint density at radius 1 is 1.55 bits per heavy atom. The summed E-state index contributed by atoms with van der Waals surface area (Å²) < 4.78 is 4.49. The molecule has 0 saturated heterocycles. The maximum Gasteiger partial charge on any atom is 0.323 e. The maximum absolute atomic E-state index is 10.8. The van der Waals surface area contributed by atoms with Crippen molar-refractivity contribution in [2.24, 2.45) is 5.41 Å². The number of hydrogen-bond acceptors (Lipinski definition) is 2. The van der Waals surface area contributed by atoms with Crippen molar-refractivity contribution in [2.75, 3.05) is 7.11 Å². The molecule has 0 heterocycles. The van der Waals surface area contributed by atoms with Crippen LogP contribution >= 0.6 is 11.6 Å². The van der Waals surface area contributed by atoms with Gasteiger partial charge in [0.15, 0.2) is 0 Å². The Hall–Kier alpha value is -0.240. The Morgan fingerprint density at radius 2 is 2.00 bits per heavy atom. The van der Waals surface area contributed by atoms with Crippen LogP contribution < -0.4 is 0 Å². The van der Waals surface area contributed by atoms with Gasteiger partial charge in [0.1, 0.15) is 5.38 Å². The molecule has 0 rings (SSSR count). The number of rotatable bonds is 2. The second kappa shape index (κ2) is 3.96. The third-order valence-electron chi connectivity index (χ3n) is 1.25. The van der Waals surface area contributed by atoms with Crippen LogP contribution in [0.3, 0.4) is 0 Å². The smallest absolute Gasteiger partial charge is 0.323 e. The fourth-order valence-corrected chi connectivity index (χ4v) is 1.30. The molecule has 0 amide bonds. The van der Waals surface area contributed by atoms with E-state index in [-0.39, 0.29) is 11.4 Å². The Balaban J connectivity index is 3.87. The van der Waals surface area contributed by atoms with E-state index in [0.717, 1.165) is 0 Å². The van der Waals surface area contributed by atoms with E-state index in [1.165, 1.54) is 7.11 Å². The molecule has 0 aromatic carbocycles. The summed E-state index contributed by atoms with van der Waals surface area (Å²) in [5.41, 5.74) is 0.0700. The minimum absolute atomic E-state index is 0.0700. The molecule has 0 N–H and O–H groups in total. The number of ether oxygens (including phenoxy) is 1. The van der Waals surface area contributed by atoms with Crippen LogP contribution in [0.1, 0.15) is 27.2 Å². The lowest BCUT2D eigenvalue weighted by Crippen LogP contribution is -2.22. The summed E-state index contributed by atoms with van der Waals surface area (Å²) >= 11 is 5.74. The van der Waals surface area contributed by atoms with E-state index >= 15 is 0 Å².